The van der Waals surface area contributed by atoms with Crippen LogP contribution in [0.25, 0.3) is 0 Å². The Morgan fingerprint density at radius 2 is 2.31 bits per heavy atom. The van der Waals surface area contributed by atoms with Gasteiger partial charge in [-0.15, -0.1) is 11.8 Å². The van der Waals surface area contributed by atoms with E-state index in [2.05, 4.69) is 0 Å². The zero-order valence-electron chi connectivity index (χ0n) is 7.41. The lowest BCUT2D eigenvalue weighted by Gasteiger charge is -2.19. The molecule has 64 valence electrons. The highest BCUT2D eigenvalue weighted by atomic mass is 32.2. The molecular weight excluding hydrogens is 179 g/mol. The largest absolute Gasteiger partial charge is 0.295 e. The number of fused-ring (bicyclic) bond motifs is 1. The molecule has 1 aromatic carbocycles. The first-order valence-electron chi connectivity index (χ1n) is 4.22. The zero-order chi connectivity index (χ0) is 9.42. The molecule has 1 heterocycles. The summed E-state index contributed by atoms with van der Waals surface area (Å²) in [5.74, 6) is 0.464. The van der Waals surface area contributed by atoms with E-state index < -0.39 is 0 Å². The average molecular weight is 188 g/mol. The molecule has 1 aliphatic rings. The van der Waals surface area contributed by atoms with Gasteiger partial charge in [0.1, 0.15) is 0 Å². The number of rotatable bonds is 0. The molecule has 1 nitrogen and oxygen atoms in total. The number of ketones is 1. The van der Waals surface area contributed by atoms with Crippen molar-refractivity contribution >= 4 is 25.4 Å². The van der Waals surface area contributed by atoms with Gasteiger partial charge in [-0.1, -0.05) is 11.6 Å². The molecule has 1 aromatic rings. The highest BCUT2D eigenvalue weighted by Crippen LogP contribution is 2.34. The number of hydrogen-bond acceptors (Lipinski definition) is 2. The smallest absolute Gasteiger partial charge is 0.159 e. The van der Waals surface area contributed by atoms with Gasteiger partial charge in [0, 0.05) is 16.2 Å². The summed E-state index contributed by atoms with van der Waals surface area (Å²) in [6, 6.07) is 5.94. The minimum atomic E-state index is -0.320. The third-order valence-electron chi connectivity index (χ3n) is 2.16. The van der Waals surface area contributed by atoms with Crippen molar-refractivity contribution in [2.45, 2.75) is 17.6 Å². The fraction of sp³-hybridized carbons (Fsp3) is 0.300. The van der Waals surface area contributed by atoms with E-state index in [9.17, 15) is 4.79 Å². The number of carbonyl (C=O) groups is 1. The van der Waals surface area contributed by atoms with Crippen LogP contribution >= 0.6 is 11.8 Å². The molecule has 0 saturated heterocycles. The Morgan fingerprint density at radius 3 is 3.08 bits per heavy atom. The lowest BCUT2D eigenvalue weighted by molar-refractivity contribution is 0.0985. The van der Waals surface area contributed by atoms with Crippen LogP contribution in [0.3, 0.4) is 0 Å². The van der Waals surface area contributed by atoms with Gasteiger partial charge in [0.2, 0.25) is 0 Å². The summed E-state index contributed by atoms with van der Waals surface area (Å²) in [7, 11) is 5.67. The molecule has 2 rings (SSSR count). The van der Waals surface area contributed by atoms with Crippen molar-refractivity contribution in [1.29, 1.82) is 0 Å². The van der Waals surface area contributed by atoms with Gasteiger partial charge in [-0.2, -0.15) is 0 Å². The molecule has 0 amide bonds. The van der Waals surface area contributed by atoms with E-state index in [1.165, 1.54) is 0 Å². The lowest BCUT2D eigenvalue weighted by Crippen LogP contribution is -2.17. The van der Waals surface area contributed by atoms with Crippen LogP contribution in [-0.2, 0) is 0 Å². The van der Waals surface area contributed by atoms with Crippen molar-refractivity contribution in [3.8, 4) is 0 Å². The van der Waals surface area contributed by atoms with Crippen LogP contribution in [0.15, 0.2) is 23.1 Å². The second kappa shape index (κ2) is 3.22. The highest BCUT2D eigenvalue weighted by molar-refractivity contribution is 7.99. The number of hydrogen-bond donors (Lipinski definition) is 0. The first kappa shape index (κ1) is 8.88. The molecule has 0 N–H and O–H groups in total. The number of benzene rings is 1. The van der Waals surface area contributed by atoms with Crippen LogP contribution in [-0.4, -0.2) is 19.4 Å². The Hall–Kier alpha value is -0.695. The zero-order valence-corrected chi connectivity index (χ0v) is 8.23. The van der Waals surface area contributed by atoms with Gasteiger partial charge in [-0.05, 0) is 24.9 Å². The number of Topliss-reactive ketones (excluding diaryl/α,β-unsaturated/α-hetero) is 1. The minimum Gasteiger partial charge on any atom is -0.295 e. The molecule has 0 aromatic heterocycles. The van der Waals surface area contributed by atoms with Crippen LogP contribution < -0.4 is 0 Å². The first-order valence-corrected chi connectivity index (χ1v) is 5.20. The van der Waals surface area contributed by atoms with Gasteiger partial charge in [-0.3, -0.25) is 4.79 Å². The predicted molar refractivity (Wildman–Crippen MR) is 55.7 cm³/mol. The number of thioether (sulfide) groups is 1. The number of carbonyl (C=O) groups excluding carboxylic acids is 1. The van der Waals surface area contributed by atoms with E-state index in [4.69, 9.17) is 7.85 Å². The topological polar surface area (TPSA) is 17.1 Å². The third kappa shape index (κ3) is 1.53. The quantitative estimate of drug-likeness (QED) is 0.580. The Bertz CT molecular complexity index is 362. The van der Waals surface area contributed by atoms with Crippen LogP contribution in [0.5, 0.6) is 0 Å². The van der Waals surface area contributed by atoms with Crippen LogP contribution in [0.2, 0.25) is 5.82 Å². The molecule has 0 aliphatic carbocycles. The Labute approximate surface area is 83.3 Å². The molecule has 1 unspecified atom stereocenters. The summed E-state index contributed by atoms with van der Waals surface area (Å²) in [6.07, 6.45) is 0. The summed E-state index contributed by atoms with van der Waals surface area (Å²) in [4.78, 5) is 12.7. The third-order valence-corrected chi connectivity index (χ3v) is 3.35. The Morgan fingerprint density at radius 1 is 1.54 bits per heavy atom. The molecule has 2 radical (unpaired) electrons. The summed E-state index contributed by atoms with van der Waals surface area (Å²) >= 11 is 1.66. The Balaban J connectivity index is 2.51. The van der Waals surface area contributed by atoms with Gasteiger partial charge >= 0.3 is 0 Å². The molecule has 0 saturated carbocycles. The SMILES string of the molecule is [B]C1CSc2ccc(C)cc2C1=O. The monoisotopic (exact) mass is 188 g/mol. The fourth-order valence-electron chi connectivity index (χ4n) is 1.42. The van der Waals surface area contributed by atoms with Crippen LogP contribution in [0.4, 0.5) is 0 Å². The summed E-state index contributed by atoms with van der Waals surface area (Å²) in [5.41, 5.74) is 1.91. The summed E-state index contributed by atoms with van der Waals surface area (Å²) < 4.78 is 0. The van der Waals surface area contributed by atoms with E-state index >= 15 is 0 Å². The molecule has 0 bridgehead atoms. The van der Waals surface area contributed by atoms with Gasteiger partial charge in [-0.25, -0.2) is 0 Å². The molecule has 0 fully saturated rings. The Kier molecular flexibility index (Phi) is 2.20. The van der Waals surface area contributed by atoms with Gasteiger partial charge in [0.05, 0.1) is 7.85 Å². The standard InChI is InChI=1S/C10H9BOS/c1-6-2-3-9-7(4-6)10(12)8(11)5-13-9/h2-4,8H,5H2,1H3. The van der Waals surface area contributed by atoms with E-state index in [1.54, 1.807) is 11.8 Å². The predicted octanol–water partition coefficient (Wildman–Crippen LogP) is 2.24. The summed E-state index contributed by atoms with van der Waals surface area (Å²) in [6.45, 7) is 1.98. The van der Waals surface area contributed by atoms with Crippen LogP contribution in [0.1, 0.15) is 15.9 Å². The molecule has 13 heavy (non-hydrogen) atoms. The van der Waals surface area contributed by atoms with Gasteiger partial charge < -0.3 is 0 Å². The normalized spacial score (nSPS) is 21.3. The van der Waals surface area contributed by atoms with Crippen molar-refractivity contribution in [3.63, 3.8) is 0 Å². The van der Waals surface area contributed by atoms with Gasteiger partial charge in [0.15, 0.2) is 5.78 Å². The van der Waals surface area contributed by atoms with E-state index in [1.807, 2.05) is 25.1 Å². The minimum absolute atomic E-state index is 0.0810. The van der Waals surface area contributed by atoms with E-state index in [-0.39, 0.29) is 11.6 Å². The number of aryl methyl sites for hydroxylation is 1. The van der Waals surface area contributed by atoms with Crippen LogP contribution in [0, 0.1) is 6.92 Å². The molecule has 1 atom stereocenters. The average Bonchev–Trinajstić information content (AvgIpc) is 2.12. The maximum absolute atomic E-state index is 11.6. The lowest BCUT2D eigenvalue weighted by atomic mass is 9.82. The van der Waals surface area contributed by atoms with E-state index in [0.29, 0.717) is 5.75 Å². The second-order valence-corrected chi connectivity index (χ2v) is 4.34. The highest BCUT2D eigenvalue weighted by Gasteiger charge is 2.23. The summed E-state index contributed by atoms with van der Waals surface area (Å²) in [5, 5.41) is 0. The maximum atomic E-state index is 11.6. The van der Waals surface area contributed by atoms with Crippen molar-refractivity contribution in [2.24, 2.45) is 0 Å². The van der Waals surface area contributed by atoms with Crippen molar-refractivity contribution in [3.05, 3.63) is 29.3 Å². The van der Waals surface area contributed by atoms with Crippen molar-refractivity contribution in [2.75, 3.05) is 5.75 Å². The molecule has 1 aliphatic heterocycles. The fourth-order valence-corrected chi connectivity index (χ4v) is 2.41. The first-order chi connectivity index (χ1) is 6.18. The molecule has 3 heteroatoms. The molecular formula is C10H9BOS. The van der Waals surface area contributed by atoms with E-state index in [0.717, 1.165) is 16.0 Å². The van der Waals surface area contributed by atoms with Gasteiger partial charge in [0.25, 0.3) is 0 Å². The second-order valence-electron chi connectivity index (χ2n) is 3.28. The van der Waals surface area contributed by atoms with Crippen molar-refractivity contribution < 1.29 is 4.79 Å². The van der Waals surface area contributed by atoms with Crippen molar-refractivity contribution in [1.82, 2.24) is 0 Å². The molecule has 0 spiro atoms. The maximum Gasteiger partial charge on any atom is 0.159 e.